The summed E-state index contributed by atoms with van der Waals surface area (Å²) in [5, 5.41) is 14.5. The van der Waals surface area contributed by atoms with Crippen LogP contribution in [0.2, 0.25) is 0 Å². The highest BCUT2D eigenvalue weighted by Gasteiger charge is 2.39. The molecule has 0 aromatic heterocycles. The molecule has 0 atom stereocenters. The van der Waals surface area contributed by atoms with Crippen molar-refractivity contribution < 1.29 is 5.11 Å². The van der Waals surface area contributed by atoms with Crippen molar-refractivity contribution >= 4 is 0 Å². The Hall–Kier alpha value is -0.0800. The van der Waals surface area contributed by atoms with Crippen LogP contribution >= 0.6 is 0 Å². The standard InChI is InChI=1S/C18H35NO/c1-16(2)11-15(12-17(3,4)13-16)19-14-18(20)9-7-5-6-8-10-18/h15,19-20H,5-14H2,1-4H3. The Morgan fingerprint density at radius 1 is 0.900 bits per heavy atom. The Morgan fingerprint density at radius 2 is 1.40 bits per heavy atom. The summed E-state index contributed by atoms with van der Waals surface area (Å²) in [7, 11) is 0. The molecule has 0 aromatic carbocycles. The molecular weight excluding hydrogens is 246 g/mol. The van der Waals surface area contributed by atoms with Gasteiger partial charge in [0.1, 0.15) is 0 Å². The van der Waals surface area contributed by atoms with E-state index < -0.39 is 5.60 Å². The summed E-state index contributed by atoms with van der Waals surface area (Å²) in [5.74, 6) is 0. The maximum absolute atomic E-state index is 10.8. The number of hydrogen-bond acceptors (Lipinski definition) is 2. The van der Waals surface area contributed by atoms with Gasteiger partial charge in [0.2, 0.25) is 0 Å². The summed E-state index contributed by atoms with van der Waals surface area (Å²) in [4.78, 5) is 0. The fourth-order valence-corrected chi connectivity index (χ4v) is 4.89. The van der Waals surface area contributed by atoms with Gasteiger partial charge in [0, 0.05) is 12.6 Å². The molecule has 2 heteroatoms. The van der Waals surface area contributed by atoms with E-state index >= 15 is 0 Å². The molecule has 2 saturated carbocycles. The van der Waals surface area contributed by atoms with Crippen molar-refractivity contribution in [2.75, 3.05) is 6.54 Å². The third-order valence-electron chi connectivity index (χ3n) is 5.31. The molecule has 0 saturated heterocycles. The Kier molecular flexibility index (Phi) is 4.86. The SMILES string of the molecule is CC1(C)CC(NCC2(O)CCCCCC2)CC(C)(C)C1. The Bertz CT molecular complexity index is 297. The first-order chi connectivity index (χ1) is 9.20. The van der Waals surface area contributed by atoms with E-state index in [1.807, 2.05) is 0 Å². The average Bonchev–Trinajstić information content (AvgIpc) is 2.48. The Labute approximate surface area is 125 Å². The molecule has 0 spiro atoms. The van der Waals surface area contributed by atoms with E-state index in [-0.39, 0.29) is 0 Å². The monoisotopic (exact) mass is 281 g/mol. The Morgan fingerprint density at radius 3 is 1.90 bits per heavy atom. The summed E-state index contributed by atoms with van der Waals surface area (Å²) in [6, 6.07) is 0.570. The van der Waals surface area contributed by atoms with Crippen LogP contribution in [0.4, 0.5) is 0 Å². The number of aliphatic hydroxyl groups is 1. The maximum atomic E-state index is 10.8. The minimum Gasteiger partial charge on any atom is -0.389 e. The van der Waals surface area contributed by atoms with Gasteiger partial charge in [0.15, 0.2) is 0 Å². The van der Waals surface area contributed by atoms with E-state index in [0.717, 1.165) is 19.4 Å². The van der Waals surface area contributed by atoms with E-state index in [1.165, 1.54) is 44.9 Å². The first kappa shape index (κ1) is 16.3. The molecule has 0 heterocycles. The van der Waals surface area contributed by atoms with Gasteiger partial charge in [-0.05, 0) is 42.9 Å². The lowest BCUT2D eigenvalue weighted by molar-refractivity contribution is 0.0120. The molecule has 0 bridgehead atoms. The van der Waals surface area contributed by atoms with Crippen molar-refractivity contribution in [3.63, 3.8) is 0 Å². The molecule has 118 valence electrons. The molecule has 0 radical (unpaired) electrons. The van der Waals surface area contributed by atoms with Crippen molar-refractivity contribution in [3.05, 3.63) is 0 Å². The predicted molar refractivity (Wildman–Crippen MR) is 85.9 cm³/mol. The molecule has 2 fully saturated rings. The third kappa shape index (κ3) is 4.73. The molecule has 0 aromatic rings. The van der Waals surface area contributed by atoms with Gasteiger partial charge < -0.3 is 10.4 Å². The summed E-state index contributed by atoms with van der Waals surface area (Å²) in [6.07, 6.45) is 10.7. The smallest absolute Gasteiger partial charge is 0.0771 e. The first-order valence-corrected chi connectivity index (χ1v) is 8.66. The fraction of sp³-hybridized carbons (Fsp3) is 1.00. The van der Waals surface area contributed by atoms with Crippen LogP contribution in [0.3, 0.4) is 0 Å². The van der Waals surface area contributed by atoms with Crippen molar-refractivity contribution in [1.29, 1.82) is 0 Å². The number of nitrogens with one attached hydrogen (secondary N) is 1. The predicted octanol–water partition coefficient (Wildman–Crippen LogP) is 4.27. The van der Waals surface area contributed by atoms with Crippen LogP contribution in [0.5, 0.6) is 0 Å². The zero-order chi connectivity index (χ0) is 14.9. The van der Waals surface area contributed by atoms with Crippen LogP contribution in [-0.4, -0.2) is 23.3 Å². The van der Waals surface area contributed by atoms with Crippen LogP contribution in [0, 0.1) is 10.8 Å². The van der Waals surface area contributed by atoms with Crippen LogP contribution < -0.4 is 5.32 Å². The minimum absolute atomic E-state index is 0.422. The lowest BCUT2D eigenvalue weighted by Crippen LogP contribution is -2.49. The van der Waals surface area contributed by atoms with Crippen molar-refractivity contribution in [3.8, 4) is 0 Å². The molecule has 20 heavy (non-hydrogen) atoms. The van der Waals surface area contributed by atoms with Gasteiger partial charge in [0.05, 0.1) is 5.60 Å². The van der Waals surface area contributed by atoms with Crippen LogP contribution in [0.25, 0.3) is 0 Å². The molecule has 2 nitrogen and oxygen atoms in total. The quantitative estimate of drug-likeness (QED) is 0.757. The maximum Gasteiger partial charge on any atom is 0.0771 e. The van der Waals surface area contributed by atoms with Crippen molar-refractivity contribution in [1.82, 2.24) is 5.32 Å². The van der Waals surface area contributed by atoms with Crippen molar-refractivity contribution in [2.45, 2.75) is 97.1 Å². The third-order valence-corrected chi connectivity index (χ3v) is 5.31. The summed E-state index contributed by atoms with van der Waals surface area (Å²) >= 11 is 0. The van der Waals surface area contributed by atoms with Gasteiger partial charge >= 0.3 is 0 Å². The van der Waals surface area contributed by atoms with Gasteiger partial charge in [-0.25, -0.2) is 0 Å². The first-order valence-electron chi connectivity index (χ1n) is 8.66. The number of hydrogen-bond donors (Lipinski definition) is 2. The largest absolute Gasteiger partial charge is 0.389 e. The van der Waals surface area contributed by atoms with E-state index in [1.54, 1.807) is 0 Å². The molecule has 0 unspecified atom stereocenters. The minimum atomic E-state index is -0.442. The second-order valence-electron chi connectivity index (χ2n) is 9.13. The second kappa shape index (κ2) is 5.96. The van der Waals surface area contributed by atoms with Gasteiger partial charge in [0.25, 0.3) is 0 Å². The van der Waals surface area contributed by atoms with E-state index in [0.29, 0.717) is 16.9 Å². The summed E-state index contributed by atoms with van der Waals surface area (Å²) < 4.78 is 0. The van der Waals surface area contributed by atoms with Gasteiger partial charge in [-0.15, -0.1) is 0 Å². The second-order valence-corrected chi connectivity index (χ2v) is 9.13. The van der Waals surface area contributed by atoms with E-state index in [4.69, 9.17) is 0 Å². The van der Waals surface area contributed by atoms with Gasteiger partial charge in [-0.3, -0.25) is 0 Å². The van der Waals surface area contributed by atoms with Crippen LogP contribution in [0.15, 0.2) is 0 Å². The zero-order valence-electron chi connectivity index (χ0n) is 14.1. The van der Waals surface area contributed by atoms with Crippen LogP contribution in [0.1, 0.15) is 85.5 Å². The molecule has 2 aliphatic carbocycles. The highest BCUT2D eigenvalue weighted by atomic mass is 16.3. The molecule has 0 aliphatic heterocycles. The highest BCUT2D eigenvalue weighted by Crippen LogP contribution is 2.45. The number of rotatable bonds is 3. The molecule has 2 N–H and O–H groups in total. The summed E-state index contributed by atoms with van der Waals surface area (Å²) in [6.45, 7) is 10.4. The molecule has 2 aliphatic rings. The van der Waals surface area contributed by atoms with Crippen molar-refractivity contribution in [2.24, 2.45) is 10.8 Å². The summed E-state index contributed by atoms with van der Waals surface area (Å²) in [5.41, 5.74) is 0.402. The fourth-order valence-electron chi connectivity index (χ4n) is 4.89. The topological polar surface area (TPSA) is 32.3 Å². The lowest BCUT2D eigenvalue weighted by atomic mass is 9.63. The molecular formula is C18H35NO. The Balaban J connectivity index is 1.89. The van der Waals surface area contributed by atoms with E-state index in [9.17, 15) is 5.11 Å². The zero-order valence-corrected chi connectivity index (χ0v) is 14.1. The van der Waals surface area contributed by atoms with Gasteiger partial charge in [-0.2, -0.15) is 0 Å². The van der Waals surface area contributed by atoms with Gasteiger partial charge in [-0.1, -0.05) is 53.4 Å². The highest BCUT2D eigenvalue weighted by molar-refractivity contribution is 4.94. The average molecular weight is 281 g/mol. The molecule has 0 amide bonds. The van der Waals surface area contributed by atoms with Crippen LogP contribution in [-0.2, 0) is 0 Å². The normalized spacial score (nSPS) is 29.9. The lowest BCUT2D eigenvalue weighted by Gasteiger charge is -2.46. The van der Waals surface area contributed by atoms with E-state index in [2.05, 4.69) is 33.0 Å². The molecule has 2 rings (SSSR count).